The summed E-state index contributed by atoms with van der Waals surface area (Å²) in [4.78, 5) is 11.2. The van der Waals surface area contributed by atoms with Gasteiger partial charge in [0.1, 0.15) is 5.58 Å². The van der Waals surface area contributed by atoms with Gasteiger partial charge in [0.15, 0.2) is 0 Å². The Bertz CT molecular complexity index is 482. The van der Waals surface area contributed by atoms with Crippen molar-refractivity contribution in [1.82, 2.24) is 0 Å². The topological polar surface area (TPSA) is 39.4 Å². The molecule has 2 aromatic rings. The number of aryl methyl sites for hydroxylation is 1. The summed E-state index contributed by atoms with van der Waals surface area (Å²) < 4.78 is 9.89. The minimum absolute atomic E-state index is 0.244. The summed E-state index contributed by atoms with van der Waals surface area (Å²) in [5.41, 5.74) is 1.81. The summed E-state index contributed by atoms with van der Waals surface area (Å²) in [7, 11) is 1.33. The lowest BCUT2D eigenvalue weighted by Crippen LogP contribution is -1.97. The SMILES string of the molecule is COC(=O)c1cc2ccc(C)cc2o1. The van der Waals surface area contributed by atoms with Crippen LogP contribution < -0.4 is 0 Å². The third-order valence-corrected chi connectivity index (χ3v) is 2.06. The summed E-state index contributed by atoms with van der Waals surface area (Å²) in [6.07, 6.45) is 0. The number of methoxy groups -OCH3 is 1. The van der Waals surface area contributed by atoms with Gasteiger partial charge in [-0.1, -0.05) is 12.1 Å². The zero-order valence-electron chi connectivity index (χ0n) is 8.03. The summed E-state index contributed by atoms with van der Waals surface area (Å²) in [5, 5.41) is 0.913. The molecule has 72 valence electrons. The Morgan fingerprint density at radius 3 is 2.86 bits per heavy atom. The summed E-state index contributed by atoms with van der Waals surface area (Å²) in [6.45, 7) is 1.97. The van der Waals surface area contributed by atoms with Gasteiger partial charge in [-0.2, -0.15) is 0 Å². The van der Waals surface area contributed by atoms with Crippen LogP contribution in [0.25, 0.3) is 11.0 Å². The Morgan fingerprint density at radius 2 is 2.14 bits per heavy atom. The fourth-order valence-corrected chi connectivity index (χ4v) is 1.34. The molecule has 1 heterocycles. The lowest BCUT2D eigenvalue weighted by Gasteiger charge is -1.91. The average Bonchev–Trinajstić information content (AvgIpc) is 2.59. The van der Waals surface area contributed by atoms with E-state index in [1.165, 1.54) is 7.11 Å². The highest BCUT2D eigenvalue weighted by Crippen LogP contribution is 2.20. The zero-order valence-corrected chi connectivity index (χ0v) is 8.03. The predicted octanol–water partition coefficient (Wildman–Crippen LogP) is 2.53. The molecule has 2 rings (SSSR count). The lowest BCUT2D eigenvalue weighted by atomic mass is 10.2. The maximum absolute atomic E-state index is 11.2. The quantitative estimate of drug-likeness (QED) is 0.648. The van der Waals surface area contributed by atoms with Crippen LogP contribution in [0.2, 0.25) is 0 Å². The van der Waals surface area contributed by atoms with E-state index in [1.54, 1.807) is 6.07 Å². The average molecular weight is 190 g/mol. The van der Waals surface area contributed by atoms with Crippen LogP contribution in [0.5, 0.6) is 0 Å². The maximum atomic E-state index is 11.2. The maximum Gasteiger partial charge on any atom is 0.373 e. The number of esters is 1. The van der Waals surface area contributed by atoms with Gasteiger partial charge >= 0.3 is 5.97 Å². The second kappa shape index (κ2) is 3.18. The number of furan rings is 1. The second-order valence-corrected chi connectivity index (χ2v) is 3.14. The van der Waals surface area contributed by atoms with Gasteiger partial charge in [0.2, 0.25) is 5.76 Å². The first-order chi connectivity index (χ1) is 6.70. The smallest absolute Gasteiger partial charge is 0.373 e. The third kappa shape index (κ3) is 1.37. The summed E-state index contributed by atoms with van der Waals surface area (Å²) >= 11 is 0. The number of hydrogen-bond donors (Lipinski definition) is 0. The molecule has 0 saturated carbocycles. The summed E-state index contributed by atoms with van der Waals surface area (Å²) in [5.74, 6) is -0.202. The third-order valence-electron chi connectivity index (χ3n) is 2.06. The van der Waals surface area contributed by atoms with Gasteiger partial charge in [0.05, 0.1) is 7.11 Å². The molecule has 0 atom stereocenters. The Labute approximate surface area is 81.3 Å². The van der Waals surface area contributed by atoms with Crippen LogP contribution >= 0.6 is 0 Å². The second-order valence-electron chi connectivity index (χ2n) is 3.14. The fourth-order valence-electron chi connectivity index (χ4n) is 1.34. The van der Waals surface area contributed by atoms with Crippen molar-refractivity contribution in [2.75, 3.05) is 7.11 Å². The molecule has 0 unspecified atom stereocenters. The van der Waals surface area contributed by atoms with E-state index in [4.69, 9.17) is 4.42 Å². The minimum atomic E-state index is -0.446. The normalized spacial score (nSPS) is 10.4. The molecule has 0 aliphatic carbocycles. The van der Waals surface area contributed by atoms with Crippen molar-refractivity contribution in [3.63, 3.8) is 0 Å². The number of hydrogen-bond acceptors (Lipinski definition) is 3. The van der Waals surface area contributed by atoms with Crippen molar-refractivity contribution < 1.29 is 13.9 Å². The molecule has 0 radical (unpaired) electrons. The van der Waals surface area contributed by atoms with Gasteiger partial charge in [-0.25, -0.2) is 4.79 Å². The monoisotopic (exact) mass is 190 g/mol. The molecule has 3 heteroatoms. The Hall–Kier alpha value is -1.77. The molecule has 0 aliphatic heterocycles. The van der Waals surface area contributed by atoms with Crippen molar-refractivity contribution in [3.05, 3.63) is 35.6 Å². The molecule has 0 bridgehead atoms. The molecular weight excluding hydrogens is 180 g/mol. The molecule has 14 heavy (non-hydrogen) atoms. The number of ether oxygens (including phenoxy) is 1. The number of benzene rings is 1. The van der Waals surface area contributed by atoms with Crippen LogP contribution in [-0.4, -0.2) is 13.1 Å². The highest BCUT2D eigenvalue weighted by atomic mass is 16.5. The van der Waals surface area contributed by atoms with Crippen LogP contribution in [0.4, 0.5) is 0 Å². The van der Waals surface area contributed by atoms with Gasteiger partial charge in [-0.3, -0.25) is 0 Å². The van der Waals surface area contributed by atoms with Crippen molar-refractivity contribution in [1.29, 1.82) is 0 Å². The fraction of sp³-hybridized carbons (Fsp3) is 0.182. The molecule has 1 aromatic heterocycles. The van der Waals surface area contributed by atoms with Crippen molar-refractivity contribution >= 4 is 16.9 Å². The molecule has 0 fully saturated rings. The van der Waals surface area contributed by atoms with E-state index in [-0.39, 0.29) is 5.76 Å². The molecule has 0 N–H and O–H groups in total. The largest absolute Gasteiger partial charge is 0.463 e. The molecule has 3 nitrogen and oxygen atoms in total. The molecule has 0 aliphatic rings. The Balaban J connectivity index is 2.56. The van der Waals surface area contributed by atoms with E-state index >= 15 is 0 Å². The molecule has 1 aromatic carbocycles. The lowest BCUT2D eigenvalue weighted by molar-refractivity contribution is 0.0567. The summed E-state index contributed by atoms with van der Waals surface area (Å²) in [6, 6.07) is 7.46. The van der Waals surface area contributed by atoms with Crippen molar-refractivity contribution in [2.45, 2.75) is 6.92 Å². The van der Waals surface area contributed by atoms with Crippen molar-refractivity contribution in [2.24, 2.45) is 0 Å². The zero-order chi connectivity index (χ0) is 10.1. The van der Waals surface area contributed by atoms with Crippen LogP contribution in [0.15, 0.2) is 28.7 Å². The Kier molecular flexibility index (Phi) is 2.00. The van der Waals surface area contributed by atoms with Gasteiger partial charge in [0, 0.05) is 5.39 Å². The van der Waals surface area contributed by atoms with E-state index in [0.29, 0.717) is 5.58 Å². The first kappa shape index (κ1) is 8.81. The van der Waals surface area contributed by atoms with Crippen LogP contribution in [0.1, 0.15) is 16.1 Å². The van der Waals surface area contributed by atoms with E-state index in [9.17, 15) is 4.79 Å². The van der Waals surface area contributed by atoms with Gasteiger partial charge in [-0.15, -0.1) is 0 Å². The standard InChI is InChI=1S/C11H10O3/c1-7-3-4-8-6-10(11(12)13-2)14-9(8)5-7/h3-6H,1-2H3. The molecule has 0 saturated heterocycles. The number of carbonyl (C=O) groups excluding carboxylic acids is 1. The van der Waals surface area contributed by atoms with Crippen LogP contribution in [-0.2, 0) is 4.74 Å². The number of carbonyl (C=O) groups is 1. The van der Waals surface area contributed by atoms with Gasteiger partial charge in [0.25, 0.3) is 0 Å². The van der Waals surface area contributed by atoms with E-state index < -0.39 is 5.97 Å². The number of rotatable bonds is 1. The first-order valence-electron chi connectivity index (χ1n) is 4.29. The van der Waals surface area contributed by atoms with E-state index in [0.717, 1.165) is 10.9 Å². The van der Waals surface area contributed by atoms with Gasteiger partial charge in [-0.05, 0) is 24.6 Å². The van der Waals surface area contributed by atoms with Crippen LogP contribution in [0, 0.1) is 6.92 Å². The van der Waals surface area contributed by atoms with Crippen LogP contribution in [0.3, 0.4) is 0 Å². The number of fused-ring (bicyclic) bond motifs is 1. The van der Waals surface area contributed by atoms with E-state index in [2.05, 4.69) is 4.74 Å². The first-order valence-corrected chi connectivity index (χ1v) is 4.29. The molecule has 0 spiro atoms. The van der Waals surface area contributed by atoms with Gasteiger partial charge < -0.3 is 9.15 Å². The van der Waals surface area contributed by atoms with E-state index in [1.807, 2.05) is 25.1 Å². The minimum Gasteiger partial charge on any atom is -0.463 e. The Morgan fingerprint density at radius 1 is 1.36 bits per heavy atom. The molecular formula is C11H10O3. The molecule has 0 amide bonds. The predicted molar refractivity (Wildman–Crippen MR) is 52.3 cm³/mol. The highest BCUT2D eigenvalue weighted by Gasteiger charge is 2.11. The highest BCUT2D eigenvalue weighted by molar-refractivity contribution is 5.92. The van der Waals surface area contributed by atoms with Crippen molar-refractivity contribution in [3.8, 4) is 0 Å².